The summed E-state index contributed by atoms with van der Waals surface area (Å²) in [5.74, 6) is -0.138. The van der Waals surface area contributed by atoms with Crippen molar-refractivity contribution in [3.05, 3.63) is 57.8 Å². The van der Waals surface area contributed by atoms with Gasteiger partial charge in [0, 0.05) is 17.8 Å². The molecule has 5 nitrogen and oxygen atoms in total. The molecule has 0 atom stereocenters. The fourth-order valence-electron chi connectivity index (χ4n) is 2.10. The largest absolute Gasteiger partial charge is 0.324 e. The number of rotatable bonds is 4. The molecule has 22 heavy (non-hydrogen) atoms. The zero-order chi connectivity index (χ0) is 15.5. The molecule has 0 radical (unpaired) electrons. The lowest BCUT2D eigenvalue weighted by molar-refractivity contribution is -0.115. The molecule has 3 aromatic rings. The number of para-hydroxylation sites is 1. The summed E-state index contributed by atoms with van der Waals surface area (Å²) >= 11 is 7.77. The van der Waals surface area contributed by atoms with Crippen LogP contribution in [0.15, 0.2) is 42.0 Å². The van der Waals surface area contributed by atoms with Crippen molar-refractivity contribution in [3.8, 4) is 5.69 Å². The highest BCUT2D eigenvalue weighted by atomic mass is 35.5. The van der Waals surface area contributed by atoms with E-state index < -0.39 is 0 Å². The Morgan fingerprint density at radius 2 is 2.27 bits per heavy atom. The van der Waals surface area contributed by atoms with Crippen molar-refractivity contribution in [1.29, 1.82) is 0 Å². The van der Waals surface area contributed by atoms with Crippen LogP contribution >= 0.6 is 22.9 Å². The van der Waals surface area contributed by atoms with E-state index in [0.717, 1.165) is 10.7 Å². The second kappa shape index (κ2) is 6.29. The molecule has 1 N–H and O–H groups in total. The lowest BCUT2D eigenvalue weighted by Crippen LogP contribution is -2.16. The third-order valence-electron chi connectivity index (χ3n) is 3.00. The SMILES string of the molecule is Cc1nc(CC(=O)Nc2cccc(Cl)c2-n2cccn2)cs1. The molecular formula is C15H13ClN4OS. The number of halogens is 1. The summed E-state index contributed by atoms with van der Waals surface area (Å²) in [7, 11) is 0. The van der Waals surface area contributed by atoms with Crippen LogP contribution in [-0.4, -0.2) is 20.7 Å². The number of aryl methyl sites for hydroxylation is 1. The van der Waals surface area contributed by atoms with Crippen LogP contribution in [0, 0.1) is 6.92 Å². The maximum atomic E-state index is 12.2. The van der Waals surface area contributed by atoms with Crippen molar-refractivity contribution in [1.82, 2.24) is 14.8 Å². The molecule has 0 saturated heterocycles. The second-order valence-corrected chi connectivity index (χ2v) is 6.14. The fourth-order valence-corrected chi connectivity index (χ4v) is 2.97. The quantitative estimate of drug-likeness (QED) is 0.795. The van der Waals surface area contributed by atoms with Crippen molar-refractivity contribution in [2.24, 2.45) is 0 Å². The van der Waals surface area contributed by atoms with Gasteiger partial charge in [-0.25, -0.2) is 9.67 Å². The highest BCUT2D eigenvalue weighted by Gasteiger charge is 2.13. The van der Waals surface area contributed by atoms with Gasteiger partial charge in [0.05, 0.1) is 27.8 Å². The van der Waals surface area contributed by atoms with E-state index in [9.17, 15) is 4.79 Å². The molecule has 0 aliphatic heterocycles. The van der Waals surface area contributed by atoms with Crippen molar-refractivity contribution in [2.45, 2.75) is 13.3 Å². The summed E-state index contributed by atoms with van der Waals surface area (Å²) in [6.45, 7) is 1.92. The first-order valence-corrected chi connectivity index (χ1v) is 7.88. The predicted molar refractivity (Wildman–Crippen MR) is 87.8 cm³/mol. The summed E-state index contributed by atoms with van der Waals surface area (Å²) in [4.78, 5) is 16.5. The number of nitrogens with zero attached hydrogens (tertiary/aromatic N) is 3. The van der Waals surface area contributed by atoms with Gasteiger partial charge in [-0.1, -0.05) is 17.7 Å². The van der Waals surface area contributed by atoms with E-state index in [4.69, 9.17) is 11.6 Å². The van der Waals surface area contributed by atoms with Gasteiger partial charge in [0.25, 0.3) is 0 Å². The van der Waals surface area contributed by atoms with Gasteiger partial charge in [0.2, 0.25) is 5.91 Å². The van der Waals surface area contributed by atoms with Gasteiger partial charge in [-0.2, -0.15) is 5.10 Å². The summed E-state index contributed by atoms with van der Waals surface area (Å²) in [5.41, 5.74) is 2.03. The number of thiazole rings is 1. The minimum Gasteiger partial charge on any atom is -0.324 e. The minimum absolute atomic E-state index is 0.138. The van der Waals surface area contributed by atoms with Crippen LogP contribution in [0.3, 0.4) is 0 Å². The third kappa shape index (κ3) is 3.18. The molecule has 0 spiro atoms. The van der Waals surface area contributed by atoms with Crippen molar-refractivity contribution < 1.29 is 4.79 Å². The monoisotopic (exact) mass is 332 g/mol. The molecule has 112 valence electrons. The van der Waals surface area contributed by atoms with Gasteiger partial charge in [-0.05, 0) is 25.1 Å². The third-order valence-corrected chi connectivity index (χ3v) is 4.13. The van der Waals surface area contributed by atoms with E-state index in [1.54, 1.807) is 41.3 Å². The van der Waals surface area contributed by atoms with Crippen LogP contribution in [0.25, 0.3) is 5.69 Å². The maximum Gasteiger partial charge on any atom is 0.230 e. The topological polar surface area (TPSA) is 59.8 Å². The number of carbonyl (C=O) groups excluding carboxylic acids is 1. The Bertz CT molecular complexity index is 798. The number of benzene rings is 1. The van der Waals surface area contributed by atoms with Crippen LogP contribution in [0.2, 0.25) is 5.02 Å². The zero-order valence-corrected chi connectivity index (χ0v) is 13.4. The molecule has 1 amide bonds. The molecule has 0 saturated carbocycles. The Morgan fingerprint density at radius 3 is 2.95 bits per heavy atom. The van der Waals surface area contributed by atoms with Gasteiger partial charge >= 0.3 is 0 Å². The molecule has 0 fully saturated rings. The van der Waals surface area contributed by atoms with E-state index in [1.165, 1.54) is 11.3 Å². The molecule has 0 aliphatic carbocycles. The number of amides is 1. The number of nitrogens with one attached hydrogen (secondary N) is 1. The highest BCUT2D eigenvalue weighted by Crippen LogP contribution is 2.28. The van der Waals surface area contributed by atoms with Gasteiger partial charge < -0.3 is 5.32 Å². The standard InChI is InChI=1S/C15H13ClN4OS/c1-10-18-11(9-22-10)8-14(21)19-13-5-2-4-12(16)15(13)20-7-3-6-17-20/h2-7,9H,8H2,1H3,(H,19,21). The molecule has 3 rings (SSSR count). The predicted octanol–water partition coefficient (Wildman–Crippen LogP) is 3.47. The fraction of sp³-hybridized carbons (Fsp3) is 0.133. The van der Waals surface area contributed by atoms with E-state index >= 15 is 0 Å². The lowest BCUT2D eigenvalue weighted by Gasteiger charge is -2.12. The van der Waals surface area contributed by atoms with Crippen LogP contribution in [0.5, 0.6) is 0 Å². The number of anilines is 1. The molecule has 0 unspecified atom stereocenters. The first-order valence-electron chi connectivity index (χ1n) is 6.63. The number of hydrogen-bond donors (Lipinski definition) is 1. The van der Waals surface area contributed by atoms with Crippen LogP contribution < -0.4 is 5.32 Å². The molecular weight excluding hydrogens is 320 g/mol. The average molecular weight is 333 g/mol. The molecule has 0 aliphatic rings. The first kappa shape index (κ1) is 14.7. The summed E-state index contributed by atoms with van der Waals surface area (Å²) in [5, 5.41) is 10.4. The lowest BCUT2D eigenvalue weighted by atomic mass is 10.2. The van der Waals surface area contributed by atoms with E-state index in [0.29, 0.717) is 16.4 Å². The maximum absolute atomic E-state index is 12.2. The van der Waals surface area contributed by atoms with Gasteiger partial charge in [-0.3, -0.25) is 4.79 Å². The molecule has 7 heteroatoms. The Morgan fingerprint density at radius 1 is 1.41 bits per heavy atom. The van der Waals surface area contributed by atoms with Gasteiger partial charge in [0.15, 0.2) is 0 Å². The van der Waals surface area contributed by atoms with Crippen LogP contribution in [0.4, 0.5) is 5.69 Å². The van der Waals surface area contributed by atoms with Crippen molar-refractivity contribution >= 4 is 34.5 Å². The van der Waals surface area contributed by atoms with Gasteiger partial charge in [0.1, 0.15) is 5.69 Å². The molecule has 0 bridgehead atoms. The number of aromatic nitrogens is 3. The van der Waals surface area contributed by atoms with Crippen molar-refractivity contribution in [3.63, 3.8) is 0 Å². The molecule has 1 aromatic carbocycles. The smallest absolute Gasteiger partial charge is 0.230 e. The molecule has 2 aromatic heterocycles. The minimum atomic E-state index is -0.138. The second-order valence-electron chi connectivity index (χ2n) is 4.67. The van der Waals surface area contributed by atoms with Crippen LogP contribution in [-0.2, 0) is 11.2 Å². The summed E-state index contributed by atoms with van der Waals surface area (Å²) < 4.78 is 1.63. The van der Waals surface area contributed by atoms with Crippen LogP contribution in [0.1, 0.15) is 10.7 Å². The Hall–Kier alpha value is -2.18. The average Bonchev–Trinajstić information content (AvgIpc) is 3.11. The zero-order valence-electron chi connectivity index (χ0n) is 11.8. The van der Waals surface area contributed by atoms with Crippen molar-refractivity contribution in [2.75, 3.05) is 5.32 Å². The highest BCUT2D eigenvalue weighted by molar-refractivity contribution is 7.09. The van der Waals surface area contributed by atoms with Gasteiger partial charge in [-0.15, -0.1) is 11.3 Å². The first-order chi connectivity index (χ1) is 10.6. The normalized spacial score (nSPS) is 10.6. The summed E-state index contributed by atoms with van der Waals surface area (Å²) in [6.07, 6.45) is 3.67. The number of hydrogen-bond acceptors (Lipinski definition) is 4. The number of carbonyl (C=O) groups is 1. The van der Waals surface area contributed by atoms with E-state index in [1.807, 2.05) is 12.3 Å². The molecule has 2 heterocycles. The summed E-state index contributed by atoms with van der Waals surface area (Å²) in [6, 6.07) is 7.15. The van der Waals surface area contributed by atoms with E-state index in [2.05, 4.69) is 15.4 Å². The Labute approximate surface area is 136 Å². The Kier molecular flexibility index (Phi) is 4.22. The van der Waals surface area contributed by atoms with E-state index in [-0.39, 0.29) is 12.3 Å². The Balaban J connectivity index is 1.83.